The average molecular weight is 156 g/mol. The van der Waals surface area contributed by atoms with Gasteiger partial charge in [0.25, 0.3) is 0 Å². The molecular weight excluding hydrogens is 143 g/mol. The van der Waals surface area contributed by atoms with Crippen molar-refractivity contribution in [3.63, 3.8) is 0 Å². The lowest BCUT2D eigenvalue weighted by Gasteiger charge is -2.14. The van der Waals surface area contributed by atoms with Gasteiger partial charge < -0.3 is 0 Å². The summed E-state index contributed by atoms with van der Waals surface area (Å²) in [5.74, 6) is 0. The van der Waals surface area contributed by atoms with Crippen molar-refractivity contribution < 1.29 is 4.39 Å². The number of nitrogens with zero attached hydrogens (tertiary/aromatic N) is 2. The average Bonchev–Trinajstić information content (AvgIpc) is 2.02. The number of halogens is 1. The molecule has 62 valence electrons. The molecule has 0 N–H and O–H groups in total. The largest absolute Gasteiger partial charge is 0.276 e. The van der Waals surface area contributed by atoms with Gasteiger partial charge in [-0.2, -0.15) is 5.26 Å². The summed E-state index contributed by atoms with van der Waals surface area (Å²) in [5, 5.41) is 8.66. The number of aliphatic imine (C=N–C) groups is 1. The van der Waals surface area contributed by atoms with E-state index < -0.39 is 5.54 Å². The maximum Gasteiger partial charge on any atom is 0.143 e. The molecule has 0 fully saturated rings. The predicted molar refractivity (Wildman–Crippen MR) is 43.4 cm³/mol. The van der Waals surface area contributed by atoms with Gasteiger partial charge in [0.1, 0.15) is 5.54 Å². The topological polar surface area (TPSA) is 36.1 Å². The maximum atomic E-state index is 11.7. The van der Waals surface area contributed by atoms with E-state index in [1.807, 2.05) is 6.07 Å². The van der Waals surface area contributed by atoms with Crippen molar-refractivity contribution in [2.45, 2.75) is 32.2 Å². The van der Waals surface area contributed by atoms with Gasteiger partial charge in [0.05, 0.1) is 12.7 Å². The number of nitriles is 1. The summed E-state index contributed by atoms with van der Waals surface area (Å²) in [6.45, 7) is 3.09. The van der Waals surface area contributed by atoms with Crippen LogP contribution in [0.4, 0.5) is 4.39 Å². The SMILES string of the molecule is CC=NC(C)(C#N)CCCF. The Bertz CT molecular complexity index is 171. The van der Waals surface area contributed by atoms with Crippen LogP contribution in [0.5, 0.6) is 0 Å². The first-order valence-electron chi connectivity index (χ1n) is 3.65. The minimum absolute atomic E-state index is 0.378. The molecule has 0 aliphatic carbocycles. The van der Waals surface area contributed by atoms with Gasteiger partial charge in [-0.05, 0) is 32.9 Å². The minimum Gasteiger partial charge on any atom is -0.276 e. The molecule has 1 atom stereocenters. The summed E-state index contributed by atoms with van der Waals surface area (Å²) in [7, 11) is 0. The fraction of sp³-hybridized carbons (Fsp3) is 0.750. The highest BCUT2D eigenvalue weighted by Crippen LogP contribution is 2.15. The van der Waals surface area contributed by atoms with Crippen molar-refractivity contribution in [2.75, 3.05) is 6.67 Å². The molecule has 0 heterocycles. The van der Waals surface area contributed by atoms with Crippen molar-refractivity contribution in [3.8, 4) is 6.07 Å². The first kappa shape index (κ1) is 10.1. The van der Waals surface area contributed by atoms with E-state index in [4.69, 9.17) is 5.26 Å². The molecule has 0 spiro atoms. The highest BCUT2D eigenvalue weighted by Gasteiger charge is 2.20. The van der Waals surface area contributed by atoms with Crippen molar-refractivity contribution in [1.82, 2.24) is 0 Å². The van der Waals surface area contributed by atoms with Crippen LogP contribution in [0, 0.1) is 11.3 Å². The van der Waals surface area contributed by atoms with E-state index in [1.54, 1.807) is 20.1 Å². The Labute approximate surface area is 66.7 Å². The van der Waals surface area contributed by atoms with E-state index in [-0.39, 0.29) is 6.67 Å². The molecule has 0 bridgehead atoms. The number of hydrogen-bond acceptors (Lipinski definition) is 2. The molecule has 0 radical (unpaired) electrons. The molecular formula is C8H13FN2. The molecule has 0 saturated heterocycles. The molecule has 0 aromatic carbocycles. The molecule has 0 aromatic rings. The molecule has 0 amide bonds. The molecule has 11 heavy (non-hydrogen) atoms. The maximum absolute atomic E-state index is 11.7. The zero-order valence-electron chi connectivity index (χ0n) is 6.97. The van der Waals surface area contributed by atoms with Crippen molar-refractivity contribution in [1.29, 1.82) is 5.26 Å². The second-order valence-electron chi connectivity index (χ2n) is 2.57. The minimum atomic E-state index is -0.721. The van der Waals surface area contributed by atoms with Crippen LogP contribution in [-0.4, -0.2) is 18.4 Å². The lowest BCUT2D eigenvalue weighted by atomic mass is 9.99. The molecule has 0 aliphatic heterocycles. The molecule has 1 unspecified atom stereocenters. The normalized spacial score (nSPS) is 16.2. The quantitative estimate of drug-likeness (QED) is 0.574. The van der Waals surface area contributed by atoms with E-state index in [1.165, 1.54) is 0 Å². The Morgan fingerprint density at radius 2 is 2.36 bits per heavy atom. The van der Waals surface area contributed by atoms with Crippen LogP contribution < -0.4 is 0 Å². The van der Waals surface area contributed by atoms with Crippen LogP contribution in [0.2, 0.25) is 0 Å². The fourth-order valence-corrected chi connectivity index (χ4v) is 0.845. The molecule has 0 rings (SSSR count). The van der Waals surface area contributed by atoms with Gasteiger partial charge in [-0.25, -0.2) is 0 Å². The van der Waals surface area contributed by atoms with Gasteiger partial charge >= 0.3 is 0 Å². The van der Waals surface area contributed by atoms with Crippen LogP contribution in [0.25, 0.3) is 0 Å². The molecule has 0 aliphatic rings. The second kappa shape index (κ2) is 4.84. The Hall–Kier alpha value is -0.910. The fourth-order valence-electron chi connectivity index (χ4n) is 0.845. The Balaban J connectivity index is 4.02. The molecule has 2 nitrogen and oxygen atoms in total. The first-order valence-corrected chi connectivity index (χ1v) is 3.65. The monoisotopic (exact) mass is 156 g/mol. The van der Waals surface area contributed by atoms with E-state index in [9.17, 15) is 4.39 Å². The van der Waals surface area contributed by atoms with Crippen molar-refractivity contribution in [2.24, 2.45) is 4.99 Å². The second-order valence-corrected chi connectivity index (χ2v) is 2.57. The number of alkyl halides is 1. The van der Waals surface area contributed by atoms with Crippen LogP contribution in [0.15, 0.2) is 4.99 Å². The van der Waals surface area contributed by atoms with Crippen LogP contribution >= 0.6 is 0 Å². The van der Waals surface area contributed by atoms with Crippen LogP contribution in [0.3, 0.4) is 0 Å². The Kier molecular flexibility index (Phi) is 4.44. The first-order chi connectivity index (χ1) is 5.18. The van der Waals surface area contributed by atoms with Gasteiger partial charge in [0.15, 0.2) is 0 Å². The van der Waals surface area contributed by atoms with Crippen LogP contribution in [-0.2, 0) is 0 Å². The highest BCUT2D eigenvalue weighted by molar-refractivity contribution is 5.54. The van der Waals surface area contributed by atoms with E-state index in [2.05, 4.69) is 4.99 Å². The standard InChI is InChI=1S/C8H13FN2/c1-3-11-8(2,7-10)5-4-6-9/h3H,4-6H2,1-2H3. The summed E-state index contributed by atoms with van der Waals surface area (Å²) < 4.78 is 11.7. The van der Waals surface area contributed by atoms with Gasteiger partial charge in [-0.3, -0.25) is 9.38 Å². The zero-order chi connectivity index (χ0) is 8.74. The zero-order valence-corrected chi connectivity index (χ0v) is 6.97. The highest BCUT2D eigenvalue weighted by atomic mass is 19.1. The lowest BCUT2D eigenvalue weighted by Crippen LogP contribution is -2.19. The molecule has 0 saturated carbocycles. The summed E-state index contributed by atoms with van der Waals surface area (Å²) in [6, 6.07) is 2.05. The summed E-state index contributed by atoms with van der Waals surface area (Å²) in [6.07, 6.45) is 2.48. The molecule has 0 aromatic heterocycles. The summed E-state index contributed by atoms with van der Waals surface area (Å²) >= 11 is 0. The van der Waals surface area contributed by atoms with E-state index in [0.717, 1.165) is 0 Å². The molecule has 3 heteroatoms. The van der Waals surface area contributed by atoms with Crippen molar-refractivity contribution >= 4 is 6.21 Å². The van der Waals surface area contributed by atoms with E-state index in [0.29, 0.717) is 12.8 Å². The van der Waals surface area contributed by atoms with Gasteiger partial charge in [0.2, 0.25) is 0 Å². The van der Waals surface area contributed by atoms with Gasteiger partial charge in [0, 0.05) is 0 Å². The Morgan fingerprint density at radius 3 is 2.73 bits per heavy atom. The van der Waals surface area contributed by atoms with Crippen molar-refractivity contribution in [3.05, 3.63) is 0 Å². The number of hydrogen-bond donors (Lipinski definition) is 0. The predicted octanol–water partition coefficient (Wildman–Crippen LogP) is 2.11. The van der Waals surface area contributed by atoms with Gasteiger partial charge in [-0.1, -0.05) is 0 Å². The van der Waals surface area contributed by atoms with Gasteiger partial charge in [-0.15, -0.1) is 0 Å². The van der Waals surface area contributed by atoms with Crippen LogP contribution in [0.1, 0.15) is 26.7 Å². The smallest absolute Gasteiger partial charge is 0.143 e. The van der Waals surface area contributed by atoms with E-state index >= 15 is 0 Å². The summed E-state index contributed by atoms with van der Waals surface area (Å²) in [4.78, 5) is 3.96. The Morgan fingerprint density at radius 1 is 1.73 bits per heavy atom. The third-order valence-electron chi connectivity index (χ3n) is 1.45. The third kappa shape index (κ3) is 3.72. The summed E-state index contributed by atoms with van der Waals surface area (Å²) in [5.41, 5.74) is -0.721. The third-order valence-corrected chi connectivity index (χ3v) is 1.45. The number of rotatable bonds is 4. The lowest BCUT2D eigenvalue weighted by molar-refractivity contribution is 0.423.